The zero-order valence-corrected chi connectivity index (χ0v) is 9.47. The highest BCUT2D eigenvalue weighted by Crippen LogP contribution is 2.49. The van der Waals surface area contributed by atoms with Crippen molar-refractivity contribution in [2.45, 2.75) is 46.5 Å². The van der Waals surface area contributed by atoms with Crippen LogP contribution in [0.25, 0.3) is 0 Å². The second-order valence-corrected chi connectivity index (χ2v) is 5.46. The zero-order valence-electron chi connectivity index (χ0n) is 9.47. The number of rotatable bonds is 0. The van der Waals surface area contributed by atoms with Gasteiger partial charge in [0.1, 0.15) is 5.78 Å². The molecule has 78 valence electrons. The molecule has 0 saturated heterocycles. The molecule has 0 heterocycles. The Labute approximate surface area is 86.6 Å². The van der Waals surface area contributed by atoms with Gasteiger partial charge in [-0.3, -0.25) is 4.79 Å². The summed E-state index contributed by atoms with van der Waals surface area (Å²) >= 11 is 0. The zero-order chi connectivity index (χ0) is 10.3. The number of hydrogen-bond donors (Lipinski definition) is 0. The van der Waals surface area contributed by atoms with Gasteiger partial charge in [0.05, 0.1) is 0 Å². The molecule has 1 fully saturated rings. The van der Waals surface area contributed by atoms with E-state index in [1.54, 1.807) is 0 Å². The van der Waals surface area contributed by atoms with Crippen LogP contribution in [0.2, 0.25) is 0 Å². The summed E-state index contributed by atoms with van der Waals surface area (Å²) in [5.74, 6) is 1.45. The van der Waals surface area contributed by atoms with Gasteiger partial charge in [0, 0.05) is 11.3 Å². The number of Topliss-reactive ketones (excluding diaryl/α,β-unsaturated/α-hetero) is 1. The molecule has 14 heavy (non-hydrogen) atoms. The Bertz CT molecular complexity index is 290. The Balaban J connectivity index is 2.26. The molecule has 2 rings (SSSR count). The lowest BCUT2D eigenvalue weighted by atomic mass is 9.69. The number of carbonyl (C=O) groups excluding carboxylic acids is 1. The SMILES string of the molecule is CC1=CC(C)CC2(CCC(C)C2=O)C1. The highest BCUT2D eigenvalue weighted by molar-refractivity contribution is 5.89. The van der Waals surface area contributed by atoms with E-state index >= 15 is 0 Å². The van der Waals surface area contributed by atoms with Gasteiger partial charge in [0.25, 0.3) is 0 Å². The smallest absolute Gasteiger partial charge is 0.142 e. The average Bonchev–Trinajstić information content (AvgIpc) is 2.32. The summed E-state index contributed by atoms with van der Waals surface area (Å²) < 4.78 is 0. The number of hydrogen-bond acceptors (Lipinski definition) is 1. The lowest BCUT2D eigenvalue weighted by Crippen LogP contribution is -2.32. The van der Waals surface area contributed by atoms with Gasteiger partial charge in [-0.1, -0.05) is 25.5 Å². The van der Waals surface area contributed by atoms with Gasteiger partial charge in [0.15, 0.2) is 0 Å². The van der Waals surface area contributed by atoms with Crippen LogP contribution < -0.4 is 0 Å². The van der Waals surface area contributed by atoms with E-state index in [4.69, 9.17) is 0 Å². The van der Waals surface area contributed by atoms with E-state index < -0.39 is 0 Å². The van der Waals surface area contributed by atoms with Gasteiger partial charge in [-0.05, 0) is 38.5 Å². The molecule has 1 nitrogen and oxygen atoms in total. The summed E-state index contributed by atoms with van der Waals surface area (Å²) in [7, 11) is 0. The van der Waals surface area contributed by atoms with Crippen molar-refractivity contribution in [3.8, 4) is 0 Å². The fraction of sp³-hybridized carbons (Fsp3) is 0.769. The Kier molecular flexibility index (Phi) is 2.29. The Morgan fingerprint density at radius 3 is 2.64 bits per heavy atom. The molecule has 2 aliphatic carbocycles. The van der Waals surface area contributed by atoms with Crippen LogP contribution in [0.15, 0.2) is 11.6 Å². The minimum absolute atomic E-state index is 0.0394. The van der Waals surface area contributed by atoms with Gasteiger partial charge in [-0.15, -0.1) is 0 Å². The van der Waals surface area contributed by atoms with Crippen LogP contribution in [0.4, 0.5) is 0 Å². The Morgan fingerprint density at radius 2 is 2.14 bits per heavy atom. The maximum absolute atomic E-state index is 12.1. The fourth-order valence-corrected chi connectivity index (χ4v) is 3.47. The average molecular weight is 192 g/mol. The molecule has 0 bridgehead atoms. The van der Waals surface area contributed by atoms with E-state index in [2.05, 4.69) is 26.8 Å². The molecule has 1 spiro atoms. The summed E-state index contributed by atoms with van der Waals surface area (Å²) in [6.45, 7) is 6.50. The molecule has 0 radical (unpaired) electrons. The van der Waals surface area contributed by atoms with Crippen molar-refractivity contribution >= 4 is 5.78 Å². The summed E-state index contributed by atoms with van der Waals surface area (Å²) in [4.78, 5) is 12.1. The van der Waals surface area contributed by atoms with Crippen molar-refractivity contribution in [3.63, 3.8) is 0 Å². The first-order chi connectivity index (χ1) is 6.53. The predicted octanol–water partition coefficient (Wildman–Crippen LogP) is 3.35. The van der Waals surface area contributed by atoms with E-state index in [1.165, 1.54) is 5.57 Å². The molecule has 0 aromatic rings. The molecule has 2 aliphatic rings. The fourth-order valence-electron chi connectivity index (χ4n) is 3.47. The lowest BCUT2D eigenvalue weighted by molar-refractivity contribution is -0.129. The van der Waals surface area contributed by atoms with E-state index in [0.29, 0.717) is 17.6 Å². The molecule has 0 aromatic carbocycles. The van der Waals surface area contributed by atoms with Gasteiger partial charge in [-0.25, -0.2) is 0 Å². The van der Waals surface area contributed by atoms with Crippen molar-refractivity contribution in [3.05, 3.63) is 11.6 Å². The van der Waals surface area contributed by atoms with Crippen LogP contribution in [0.1, 0.15) is 46.5 Å². The van der Waals surface area contributed by atoms with E-state index in [0.717, 1.165) is 25.7 Å². The first-order valence-corrected chi connectivity index (χ1v) is 5.75. The maximum atomic E-state index is 12.1. The predicted molar refractivity (Wildman–Crippen MR) is 58.0 cm³/mol. The van der Waals surface area contributed by atoms with Crippen molar-refractivity contribution in [1.82, 2.24) is 0 Å². The molecule has 3 unspecified atom stereocenters. The summed E-state index contributed by atoms with van der Waals surface area (Å²) in [5, 5.41) is 0. The summed E-state index contributed by atoms with van der Waals surface area (Å²) in [6.07, 6.45) is 6.69. The van der Waals surface area contributed by atoms with Gasteiger partial charge in [0.2, 0.25) is 0 Å². The molecule has 0 aromatic heterocycles. The third kappa shape index (κ3) is 1.43. The van der Waals surface area contributed by atoms with Gasteiger partial charge in [-0.2, -0.15) is 0 Å². The highest BCUT2D eigenvalue weighted by Gasteiger charge is 2.47. The number of carbonyl (C=O) groups is 1. The summed E-state index contributed by atoms with van der Waals surface area (Å²) in [5.41, 5.74) is 1.46. The van der Waals surface area contributed by atoms with Crippen molar-refractivity contribution < 1.29 is 4.79 Å². The second kappa shape index (κ2) is 3.22. The molecule has 0 N–H and O–H groups in total. The van der Waals surface area contributed by atoms with E-state index in [9.17, 15) is 4.79 Å². The minimum Gasteiger partial charge on any atom is -0.299 e. The van der Waals surface area contributed by atoms with Crippen LogP contribution in [-0.2, 0) is 4.79 Å². The largest absolute Gasteiger partial charge is 0.299 e. The first-order valence-electron chi connectivity index (χ1n) is 5.75. The maximum Gasteiger partial charge on any atom is 0.142 e. The first kappa shape index (κ1) is 9.95. The minimum atomic E-state index is 0.0394. The van der Waals surface area contributed by atoms with Crippen molar-refractivity contribution in [2.24, 2.45) is 17.3 Å². The molecule has 3 atom stereocenters. The van der Waals surface area contributed by atoms with Crippen LogP contribution in [0.5, 0.6) is 0 Å². The van der Waals surface area contributed by atoms with Crippen molar-refractivity contribution in [1.29, 1.82) is 0 Å². The van der Waals surface area contributed by atoms with Gasteiger partial charge < -0.3 is 0 Å². The highest BCUT2D eigenvalue weighted by atomic mass is 16.1. The normalized spacial score (nSPS) is 43.1. The van der Waals surface area contributed by atoms with Crippen LogP contribution in [0.3, 0.4) is 0 Å². The summed E-state index contributed by atoms with van der Waals surface area (Å²) in [6, 6.07) is 0. The molecule has 1 heteroatoms. The number of ketones is 1. The van der Waals surface area contributed by atoms with E-state index in [1.807, 2.05) is 0 Å². The van der Waals surface area contributed by atoms with E-state index in [-0.39, 0.29) is 5.41 Å². The van der Waals surface area contributed by atoms with Crippen LogP contribution in [0, 0.1) is 17.3 Å². The molecule has 0 aliphatic heterocycles. The quantitative estimate of drug-likeness (QED) is 0.538. The molecular formula is C13H20O. The Morgan fingerprint density at radius 1 is 1.43 bits per heavy atom. The molecular weight excluding hydrogens is 172 g/mol. The van der Waals surface area contributed by atoms with Crippen molar-refractivity contribution in [2.75, 3.05) is 0 Å². The topological polar surface area (TPSA) is 17.1 Å². The monoisotopic (exact) mass is 192 g/mol. The lowest BCUT2D eigenvalue weighted by Gasteiger charge is -2.34. The second-order valence-electron chi connectivity index (χ2n) is 5.46. The third-order valence-electron chi connectivity index (χ3n) is 3.93. The Hall–Kier alpha value is -0.590. The molecule has 0 amide bonds. The third-order valence-corrected chi connectivity index (χ3v) is 3.93. The standard InChI is InChI=1S/C13H20O/c1-9-6-10(2)8-13(7-9)5-4-11(3)12(13)14/h6,9,11H,4-5,7-8H2,1-3H3. The number of allylic oxidation sites excluding steroid dienone is 2. The van der Waals surface area contributed by atoms with Gasteiger partial charge >= 0.3 is 0 Å². The van der Waals surface area contributed by atoms with Crippen LogP contribution >= 0.6 is 0 Å². The molecule has 1 saturated carbocycles. The van der Waals surface area contributed by atoms with Crippen LogP contribution in [-0.4, -0.2) is 5.78 Å².